The minimum absolute atomic E-state index is 0.307. The van der Waals surface area contributed by atoms with E-state index in [2.05, 4.69) is 12.2 Å². The van der Waals surface area contributed by atoms with Gasteiger partial charge in [-0.05, 0) is 31.0 Å². The van der Waals surface area contributed by atoms with Crippen LogP contribution in [-0.2, 0) is 9.53 Å². The number of carbonyl (C=O) groups excluding carboxylic acids is 1. The summed E-state index contributed by atoms with van der Waals surface area (Å²) in [5.41, 5.74) is 2.14. The smallest absolute Gasteiger partial charge is 0.332 e. The molecule has 92 valence electrons. The van der Waals surface area contributed by atoms with Crippen molar-refractivity contribution in [2.24, 2.45) is 0 Å². The average Bonchev–Trinajstić information content (AvgIpc) is 2.29. The Hall–Kier alpha value is -1.77. The second kappa shape index (κ2) is 7.49. The fraction of sp³-hybridized carbons (Fsp3) is 0.357. The number of ether oxygens (including phenoxy) is 1. The normalized spacial score (nSPS) is 10.5. The third-order valence-electron chi connectivity index (χ3n) is 2.23. The molecule has 1 aromatic carbocycles. The second-order valence-corrected chi connectivity index (χ2v) is 3.87. The summed E-state index contributed by atoms with van der Waals surface area (Å²) in [6.07, 6.45) is 4.93. The van der Waals surface area contributed by atoms with Crippen molar-refractivity contribution in [2.45, 2.75) is 26.7 Å². The van der Waals surface area contributed by atoms with E-state index in [1.165, 1.54) is 11.6 Å². The number of hydrogen-bond donors (Lipinski definition) is 1. The van der Waals surface area contributed by atoms with E-state index in [4.69, 9.17) is 4.74 Å². The molecular weight excluding hydrogens is 214 g/mol. The first kappa shape index (κ1) is 13.3. The molecule has 0 amide bonds. The number of rotatable bonds is 6. The Balaban J connectivity index is 2.32. The third kappa shape index (κ3) is 5.76. The Morgan fingerprint density at radius 3 is 3.00 bits per heavy atom. The second-order valence-electron chi connectivity index (χ2n) is 3.87. The van der Waals surface area contributed by atoms with Crippen LogP contribution in [0.25, 0.3) is 0 Å². The van der Waals surface area contributed by atoms with Gasteiger partial charge in [-0.1, -0.05) is 25.5 Å². The molecule has 0 aliphatic rings. The number of carbonyl (C=O) groups is 1. The lowest BCUT2D eigenvalue weighted by atomic mass is 10.2. The lowest BCUT2D eigenvalue weighted by Crippen LogP contribution is -2.02. The summed E-state index contributed by atoms with van der Waals surface area (Å²) in [5.74, 6) is -0.307. The number of anilines is 1. The van der Waals surface area contributed by atoms with Crippen molar-refractivity contribution in [1.29, 1.82) is 0 Å². The highest BCUT2D eigenvalue weighted by Gasteiger charge is 1.95. The molecular formula is C14H19NO2. The SMILES string of the molecule is CCCCOC(=O)/C=C\Nc1cccc(C)c1. The van der Waals surface area contributed by atoms with Crippen LogP contribution < -0.4 is 5.32 Å². The zero-order valence-corrected chi connectivity index (χ0v) is 10.4. The van der Waals surface area contributed by atoms with Crippen LogP contribution in [0.3, 0.4) is 0 Å². The van der Waals surface area contributed by atoms with Gasteiger partial charge in [0, 0.05) is 18.0 Å². The van der Waals surface area contributed by atoms with Gasteiger partial charge >= 0.3 is 5.97 Å². The van der Waals surface area contributed by atoms with Gasteiger partial charge in [-0.25, -0.2) is 4.79 Å². The Bertz CT molecular complexity index is 386. The number of hydrogen-bond acceptors (Lipinski definition) is 3. The first-order valence-corrected chi connectivity index (χ1v) is 5.89. The number of esters is 1. The Morgan fingerprint density at radius 2 is 2.29 bits per heavy atom. The number of nitrogens with one attached hydrogen (secondary N) is 1. The van der Waals surface area contributed by atoms with Crippen molar-refractivity contribution in [3.63, 3.8) is 0 Å². The Labute approximate surface area is 102 Å². The zero-order chi connectivity index (χ0) is 12.5. The molecule has 0 aliphatic carbocycles. The molecule has 0 aromatic heterocycles. The van der Waals surface area contributed by atoms with Crippen molar-refractivity contribution < 1.29 is 9.53 Å². The molecule has 1 N–H and O–H groups in total. The van der Waals surface area contributed by atoms with E-state index in [1.54, 1.807) is 6.20 Å². The van der Waals surface area contributed by atoms with Crippen LogP contribution in [0, 0.1) is 6.92 Å². The lowest BCUT2D eigenvalue weighted by Gasteiger charge is -2.02. The van der Waals surface area contributed by atoms with Crippen LogP contribution in [0.15, 0.2) is 36.5 Å². The maximum Gasteiger partial charge on any atom is 0.332 e. The quantitative estimate of drug-likeness (QED) is 0.465. The van der Waals surface area contributed by atoms with Gasteiger partial charge < -0.3 is 10.1 Å². The fourth-order valence-corrected chi connectivity index (χ4v) is 1.31. The number of benzene rings is 1. The first-order valence-electron chi connectivity index (χ1n) is 5.89. The molecule has 17 heavy (non-hydrogen) atoms. The summed E-state index contributed by atoms with van der Waals surface area (Å²) < 4.78 is 4.98. The molecule has 0 bridgehead atoms. The van der Waals surface area contributed by atoms with Gasteiger partial charge in [0.25, 0.3) is 0 Å². The van der Waals surface area contributed by atoms with Gasteiger partial charge in [-0.3, -0.25) is 0 Å². The third-order valence-corrected chi connectivity index (χ3v) is 2.23. The molecule has 3 heteroatoms. The lowest BCUT2D eigenvalue weighted by molar-refractivity contribution is -0.137. The van der Waals surface area contributed by atoms with Crippen molar-refractivity contribution in [3.05, 3.63) is 42.1 Å². The summed E-state index contributed by atoms with van der Waals surface area (Å²) >= 11 is 0. The molecule has 0 aliphatic heterocycles. The van der Waals surface area contributed by atoms with Gasteiger partial charge in [-0.15, -0.1) is 0 Å². The maximum atomic E-state index is 11.2. The maximum absolute atomic E-state index is 11.2. The molecule has 0 atom stereocenters. The van der Waals surface area contributed by atoms with Gasteiger partial charge in [0.15, 0.2) is 0 Å². The highest BCUT2D eigenvalue weighted by molar-refractivity contribution is 5.82. The van der Waals surface area contributed by atoms with E-state index in [1.807, 2.05) is 31.2 Å². The molecule has 0 unspecified atom stereocenters. The van der Waals surface area contributed by atoms with Gasteiger partial charge in [0.1, 0.15) is 0 Å². The molecule has 0 saturated heterocycles. The van der Waals surface area contributed by atoms with Crippen molar-refractivity contribution in [1.82, 2.24) is 0 Å². The minimum Gasteiger partial charge on any atom is -0.462 e. The monoisotopic (exact) mass is 233 g/mol. The Morgan fingerprint density at radius 1 is 1.47 bits per heavy atom. The van der Waals surface area contributed by atoms with Gasteiger partial charge in [0.2, 0.25) is 0 Å². The van der Waals surface area contributed by atoms with Crippen molar-refractivity contribution in [2.75, 3.05) is 11.9 Å². The minimum atomic E-state index is -0.307. The van der Waals surface area contributed by atoms with E-state index in [0.29, 0.717) is 6.61 Å². The van der Waals surface area contributed by atoms with Crippen LogP contribution in [0.4, 0.5) is 5.69 Å². The van der Waals surface area contributed by atoms with Crippen molar-refractivity contribution >= 4 is 11.7 Å². The van der Waals surface area contributed by atoms with Crippen LogP contribution >= 0.6 is 0 Å². The summed E-state index contributed by atoms with van der Waals surface area (Å²) in [4.78, 5) is 11.2. The van der Waals surface area contributed by atoms with Crippen LogP contribution in [0.2, 0.25) is 0 Å². The molecule has 0 saturated carbocycles. The van der Waals surface area contributed by atoms with Crippen LogP contribution in [0.1, 0.15) is 25.3 Å². The Kier molecular flexibility index (Phi) is 5.86. The summed E-state index contributed by atoms with van der Waals surface area (Å²) in [6, 6.07) is 7.94. The average molecular weight is 233 g/mol. The molecule has 1 rings (SSSR count). The molecule has 0 radical (unpaired) electrons. The predicted molar refractivity (Wildman–Crippen MR) is 69.8 cm³/mol. The van der Waals surface area contributed by atoms with Gasteiger partial charge in [-0.2, -0.15) is 0 Å². The summed E-state index contributed by atoms with van der Waals surface area (Å²) in [6.45, 7) is 4.57. The summed E-state index contributed by atoms with van der Waals surface area (Å²) in [5, 5.41) is 3.03. The van der Waals surface area contributed by atoms with E-state index < -0.39 is 0 Å². The number of unbranched alkanes of at least 4 members (excludes halogenated alkanes) is 1. The van der Waals surface area contributed by atoms with Crippen LogP contribution in [0.5, 0.6) is 0 Å². The highest BCUT2D eigenvalue weighted by atomic mass is 16.5. The van der Waals surface area contributed by atoms with E-state index in [9.17, 15) is 4.79 Å². The van der Waals surface area contributed by atoms with Crippen LogP contribution in [-0.4, -0.2) is 12.6 Å². The predicted octanol–water partition coefficient (Wildman–Crippen LogP) is 3.26. The van der Waals surface area contributed by atoms with Crippen molar-refractivity contribution in [3.8, 4) is 0 Å². The first-order chi connectivity index (χ1) is 8.22. The summed E-state index contributed by atoms with van der Waals surface area (Å²) in [7, 11) is 0. The standard InChI is InChI=1S/C14H19NO2/c1-3-4-10-17-14(16)8-9-15-13-7-5-6-12(2)11-13/h5-9,11,15H,3-4,10H2,1-2H3/b9-8-. The molecule has 1 aromatic rings. The van der Waals surface area contributed by atoms with E-state index >= 15 is 0 Å². The molecule has 3 nitrogen and oxygen atoms in total. The highest BCUT2D eigenvalue weighted by Crippen LogP contribution is 2.08. The molecule has 0 heterocycles. The largest absolute Gasteiger partial charge is 0.462 e. The van der Waals surface area contributed by atoms with Gasteiger partial charge in [0.05, 0.1) is 6.61 Å². The topological polar surface area (TPSA) is 38.3 Å². The van der Waals surface area contributed by atoms with E-state index in [0.717, 1.165) is 18.5 Å². The fourth-order valence-electron chi connectivity index (χ4n) is 1.31. The zero-order valence-electron chi connectivity index (χ0n) is 10.4. The molecule has 0 spiro atoms. The van der Waals surface area contributed by atoms with E-state index in [-0.39, 0.29) is 5.97 Å². The molecule has 0 fully saturated rings. The number of aryl methyl sites for hydroxylation is 1.